The third-order valence-corrected chi connectivity index (χ3v) is 1.19. The van der Waals surface area contributed by atoms with E-state index in [1.165, 1.54) is 0 Å². The molecule has 0 aromatic carbocycles. The average Bonchev–Trinajstić information content (AvgIpc) is 1.84. The van der Waals surface area contributed by atoms with Gasteiger partial charge in [-0.2, -0.15) is 0 Å². The molecule has 9 heavy (non-hydrogen) atoms. The van der Waals surface area contributed by atoms with E-state index in [0.717, 1.165) is 0 Å². The van der Waals surface area contributed by atoms with E-state index in [-0.39, 0.29) is 11.7 Å². The van der Waals surface area contributed by atoms with Gasteiger partial charge in [-0.25, -0.2) is 0 Å². The highest BCUT2D eigenvalue weighted by Gasteiger charge is 2.07. The molecule has 0 aromatic heterocycles. The van der Waals surface area contributed by atoms with Crippen molar-refractivity contribution in [2.45, 2.75) is 13.8 Å². The summed E-state index contributed by atoms with van der Waals surface area (Å²) < 4.78 is 0. The third kappa shape index (κ3) is 2.27. The predicted octanol–water partition coefficient (Wildman–Crippen LogP) is 1.95. The highest BCUT2D eigenvalue weighted by atomic mass is 16.1. The van der Waals surface area contributed by atoms with Crippen LogP contribution in [-0.4, -0.2) is 5.78 Å². The van der Waals surface area contributed by atoms with Gasteiger partial charge < -0.3 is 0 Å². The van der Waals surface area contributed by atoms with Crippen LogP contribution in [-0.2, 0) is 4.79 Å². The van der Waals surface area contributed by atoms with Crippen molar-refractivity contribution in [1.82, 2.24) is 0 Å². The number of rotatable bonds is 3. The van der Waals surface area contributed by atoms with Crippen LogP contribution in [0.25, 0.3) is 0 Å². The Morgan fingerprint density at radius 2 is 2.11 bits per heavy atom. The minimum Gasteiger partial charge on any atom is -0.294 e. The van der Waals surface area contributed by atoms with Crippen molar-refractivity contribution in [3.63, 3.8) is 0 Å². The number of hydrogen-bond donors (Lipinski definition) is 0. The Bertz CT molecular complexity index is 145. The second-order valence-corrected chi connectivity index (χ2v) is 2.17. The summed E-state index contributed by atoms with van der Waals surface area (Å²) in [5.41, 5.74) is 0.599. The van der Waals surface area contributed by atoms with Crippen LogP contribution in [0.4, 0.5) is 0 Å². The Balaban J connectivity index is 4.03. The van der Waals surface area contributed by atoms with Crippen molar-refractivity contribution in [2.75, 3.05) is 0 Å². The molecule has 0 bridgehead atoms. The van der Waals surface area contributed by atoms with Gasteiger partial charge in [0.2, 0.25) is 0 Å². The summed E-state index contributed by atoms with van der Waals surface area (Å²) in [7, 11) is 0. The highest BCUT2D eigenvalue weighted by Crippen LogP contribution is 2.03. The molecule has 0 saturated carbocycles. The lowest BCUT2D eigenvalue weighted by Gasteiger charge is -2.01. The zero-order valence-corrected chi connectivity index (χ0v) is 5.98. The van der Waals surface area contributed by atoms with Crippen LogP contribution in [0.5, 0.6) is 0 Å². The SMILES string of the molecule is C=CC(C)C(=O)C(=C)C. The zero-order valence-electron chi connectivity index (χ0n) is 5.98. The fourth-order valence-electron chi connectivity index (χ4n) is 0.496. The fourth-order valence-corrected chi connectivity index (χ4v) is 0.496. The first kappa shape index (κ1) is 8.15. The summed E-state index contributed by atoms with van der Waals surface area (Å²) in [5.74, 6) is -0.00694. The molecule has 0 N–H and O–H groups in total. The summed E-state index contributed by atoms with van der Waals surface area (Å²) in [6, 6.07) is 0. The van der Waals surface area contributed by atoms with Crippen molar-refractivity contribution >= 4 is 5.78 Å². The van der Waals surface area contributed by atoms with Gasteiger partial charge in [-0.15, -0.1) is 6.58 Å². The van der Waals surface area contributed by atoms with Crippen LogP contribution in [0.2, 0.25) is 0 Å². The molecule has 0 heterocycles. The molecular formula is C8H12O. The van der Waals surface area contributed by atoms with Gasteiger partial charge in [0.1, 0.15) is 0 Å². The Morgan fingerprint density at radius 3 is 2.22 bits per heavy atom. The first-order valence-corrected chi connectivity index (χ1v) is 2.92. The monoisotopic (exact) mass is 124 g/mol. The van der Waals surface area contributed by atoms with Gasteiger partial charge in [-0.3, -0.25) is 4.79 Å². The molecule has 1 atom stereocenters. The number of ketones is 1. The Hall–Kier alpha value is -0.850. The predicted molar refractivity (Wildman–Crippen MR) is 39.2 cm³/mol. The minimum atomic E-state index is -0.0810. The van der Waals surface area contributed by atoms with E-state index in [4.69, 9.17) is 0 Å². The van der Waals surface area contributed by atoms with Crippen molar-refractivity contribution in [2.24, 2.45) is 5.92 Å². The smallest absolute Gasteiger partial charge is 0.164 e. The summed E-state index contributed by atoms with van der Waals surface area (Å²) in [5, 5.41) is 0. The molecular weight excluding hydrogens is 112 g/mol. The molecule has 0 aliphatic rings. The van der Waals surface area contributed by atoms with Crippen LogP contribution in [0.1, 0.15) is 13.8 Å². The van der Waals surface area contributed by atoms with Gasteiger partial charge >= 0.3 is 0 Å². The molecule has 0 aliphatic heterocycles. The largest absolute Gasteiger partial charge is 0.294 e. The molecule has 0 aliphatic carbocycles. The standard InChI is InChI=1S/C8H12O/c1-5-7(4)8(9)6(2)3/h5,7H,1-2H2,3-4H3. The Labute approximate surface area is 56.1 Å². The normalized spacial score (nSPS) is 12.2. The molecule has 0 aromatic rings. The number of carbonyl (C=O) groups excluding carboxylic acids is 1. The molecule has 1 unspecified atom stereocenters. The summed E-state index contributed by atoms with van der Waals surface area (Å²) in [6.07, 6.45) is 1.62. The third-order valence-electron chi connectivity index (χ3n) is 1.19. The molecule has 0 fully saturated rings. The average molecular weight is 124 g/mol. The maximum Gasteiger partial charge on any atom is 0.164 e. The minimum absolute atomic E-state index is 0.0741. The Morgan fingerprint density at radius 1 is 1.67 bits per heavy atom. The van der Waals surface area contributed by atoms with Crippen LogP contribution in [0, 0.1) is 5.92 Å². The lowest BCUT2D eigenvalue weighted by atomic mass is 10.0. The van der Waals surface area contributed by atoms with Crippen molar-refractivity contribution in [3.05, 3.63) is 24.8 Å². The van der Waals surface area contributed by atoms with Gasteiger partial charge in [-0.05, 0) is 12.5 Å². The van der Waals surface area contributed by atoms with E-state index in [2.05, 4.69) is 13.2 Å². The number of Topliss-reactive ketones (excluding diaryl/α,β-unsaturated/α-hetero) is 1. The highest BCUT2D eigenvalue weighted by molar-refractivity contribution is 5.96. The number of hydrogen-bond acceptors (Lipinski definition) is 1. The molecule has 0 spiro atoms. The van der Waals surface area contributed by atoms with Gasteiger partial charge in [0.05, 0.1) is 0 Å². The zero-order chi connectivity index (χ0) is 7.44. The molecule has 50 valence electrons. The number of allylic oxidation sites excluding steroid dienone is 2. The van der Waals surface area contributed by atoms with Crippen LogP contribution >= 0.6 is 0 Å². The quantitative estimate of drug-likeness (QED) is 0.415. The second-order valence-electron chi connectivity index (χ2n) is 2.17. The topological polar surface area (TPSA) is 17.1 Å². The number of carbonyl (C=O) groups is 1. The van der Waals surface area contributed by atoms with Gasteiger partial charge in [-0.1, -0.05) is 19.6 Å². The van der Waals surface area contributed by atoms with Crippen LogP contribution in [0.15, 0.2) is 24.8 Å². The molecule has 1 heteroatoms. The van der Waals surface area contributed by atoms with E-state index < -0.39 is 0 Å². The molecule has 1 nitrogen and oxygen atoms in total. The first-order chi connectivity index (χ1) is 4.09. The van der Waals surface area contributed by atoms with Crippen LogP contribution in [0.3, 0.4) is 0 Å². The summed E-state index contributed by atoms with van der Waals surface area (Å²) in [4.78, 5) is 10.9. The van der Waals surface area contributed by atoms with Gasteiger partial charge in [0.15, 0.2) is 5.78 Å². The van der Waals surface area contributed by atoms with E-state index in [1.807, 2.05) is 6.92 Å². The van der Waals surface area contributed by atoms with E-state index >= 15 is 0 Å². The van der Waals surface area contributed by atoms with Crippen molar-refractivity contribution < 1.29 is 4.79 Å². The van der Waals surface area contributed by atoms with E-state index in [0.29, 0.717) is 5.57 Å². The van der Waals surface area contributed by atoms with E-state index in [9.17, 15) is 4.79 Å². The first-order valence-electron chi connectivity index (χ1n) is 2.92. The Kier molecular flexibility index (Phi) is 2.93. The second kappa shape index (κ2) is 3.23. The summed E-state index contributed by atoms with van der Waals surface area (Å²) in [6.45, 7) is 10.5. The van der Waals surface area contributed by atoms with Crippen molar-refractivity contribution in [1.29, 1.82) is 0 Å². The van der Waals surface area contributed by atoms with Crippen molar-refractivity contribution in [3.8, 4) is 0 Å². The van der Waals surface area contributed by atoms with E-state index in [1.54, 1.807) is 13.0 Å². The maximum absolute atomic E-state index is 10.9. The van der Waals surface area contributed by atoms with Gasteiger partial charge in [0, 0.05) is 5.92 Å². The van der Waals surface area contributed by atoms with Gasteiger partial charge in [0.25, 0.3) is 0 Å². The molecule has 0 rings (SSSR count). The lowest BCUT2D eigenvalue weighted by molar-refractivity contribution is -0.117. The maximum atomic E-state index is 10.9. The molecule has 0 radical (unpaired) electrons. The van der Waals surface area contributed by atoms with Crippen LogP contribution < -0.4 is 0 Å². The fraction of sp³-hybridized carbons (Fsp3) is 0.375. The lowest BCUT2D eigenvalue weighted by Crippen LogP contribution is -2.07. The summed E-state index contributed by atoms with van der Waals surface area (Å²) >= 11 is 0. The molecule has 0 amide bonds. The molecule has 0 saturated heterocycles.